The first kappa shape index (κ1) is 26.2. The number of nitrogens with zero attached hydrogens (tertiary/aromatic N) is 1. The summed E-state index contributed by atoms with van der Waals surface area (Å²) in [5.41, 5.74) is -0.659. The van der Waals surface area contributed by atoms with Gasteiger partial charge in [0.05, 0.1) is 22.4 Å². The molecule has 4 rings (SSSR count). The van der Waals surface area contributed by atoms with Gasteiger partial charge in [-0.1, -0.05) is 30.7 Å². The lowest BCUT2D eigenvalue weighted by Crippen LogP contribution is -2.54. The Hall–Kier alpha value is -2.91. The Bertz CT molecular complexity index is 1170. The van der Waals surface area contributed by atoms with Crippen molar-refractivity contribution >= 4 is 34.9 Å². The molecule has 2 aromatic carbocycles. The molecule has 0 unspecified atom stereocenters. The summed E-state index contributed by atoms with van der Waals surface area (Å²) in [5.74, 6) is -0.536. The highest BCUT2D eigenvalue weighted by Gasteiger charge is 2.44. The van der Waals surface area contributed by atoms with Crippen LogP contribution in [0.1, 0.15) is 61.0 Å². The first-order valence-corrected chi connectivity index (χ1v) is 12.1. The molecule has 2 fully saturated rings. The first-order chi connectivity index (χ1) is 16.9. The third kappa shape index (κ3) is 5.27. The second-order valence-electron chi connectivity index (χ2n) is 9.68. The molecule has 2 N–H and O–H groups in total. The second kappa shape index (κ2) is 9.86. The molecule has 2 aromatic rings. The summed E-state index contributed by atoms with van der Waals surface area (Å²) in [4.78, 5) is 27.5. The molecule has 2 saturated heterocycles. The number of alkyl halides is 3. The molecule has 0 aliphatic carbocycles. The van der Waals surface area contributed by atoms with Crippen molar-refractivity contribution in [3.05, 3.63) is 64.2 Å². The molecule has 0 radical (unpaired) electrons. The van der Waals surface area contributed by atoms with Crippen molar-refractivity contribution in [3.8, 4) is 0 Å². The van der Waals surface area contributed by atoms with Crippen LogP contribution in [0.5, 0.6) is 0 Å². The number of amidine groups is 1. The lowest BCUT2D eigenvalue weighted by molar-refractivity contribution is -0.137. The summed E-state index contributed by atoms with van der Waals surface area (Å²) in [5, 5.41) is 11.6. The van der Waals surface area contributed by atoms with Crippen molar-refractivity contribution in [1.29, 1.82) is 5.41 Å². The Morgan fingerprint density at radius 3 is 2.50 bits per heavy atom. The van der Waals surface area contributed by atoms with Gasteiger partial charge >= 0.3 is 6.18 Å². The number of carbonyl (C=O) groups is 2. The Morgan fingerprint density at radius 2 is 1.89 bits per heavy atom. The van der Waals surface area contributed by atoms with Gasteiger partial charge in [0, 0.05) is 36.5 Å². The van der Waals surface area contributed by atoms with Crippen LogP contribution in [-0.4, -0.2) is 41.3 Å². The fourth-order valence-corrected chi connectivity index (χ4v) is 5.41. The number of rotatable bonds is 4. The SMILES string of the molecule is C[C@@H]1C[C@H](N2C(=N)C[C@](C)(c3cccc(NC(=O)c4ccc(C(F)(F)F)cc4)c3Cl)CC2=O)CCO1. The van der Waals surface area contributed by atoms with Crippen LogP contribution >= 0.6 is 11.6 Å². The average molecular weight is 522 g/mol. The molecule has 10 heteroatoms. The van der Waals surface area contributed by atoms with Gasteiger partial charge in [-0.25, -0.2) is 0 Å². The minimum Gasteiger partial charge on any atom is -0.378 e. The minimum atomic E-state index is -4.49. The zero-order valence-electron chi connectivity index (χ0n) is 19.9. The highest BCUT2D eigenvalue weighted by molar-refractivity contribution is 6.35. The van der Waals surface area contributed by atoms with Crippen LogP contribution < -0.4 is 5.32 Å². The third-order valence-corrected chi connectivity index (χ3v) is 7.26. The maximum Gasteiger partial charge on any atom is 0.416 e. The standard InChI is InChI=1S/C26H27ClF3N3O3/c1-15-12-18(10-11-36-15)33-21(31)13-25(2,14-22(33)34)19-4-3-5-20(23(19)27)32-24(35)16-6-8-17(9-7-16)26(28,29)30/h3-9,15,18,31H,10-14H2,1-2H3,(H,32,35)/t15-,18-,25+/m1/s1. The van der Waals surface area contributed by atoms with E-state index in [-0.39, 0.29) is 46.6 Å². The Morgan fingerprint density at radius 1 is 1.19 bits per heavy atom. The molecule has 6 nitrogen and oxygen atoms in total. The summed E-state index contributed by atoms with van der Waals surface area (Å²) in [6.07, 6.45) is -2.67. The van der Waals surface area contributed by atoms with E-state index in [1.807, 2.05) is 13.8 Å². The van der Waals surface area contributed by atoms with E-state index in [2.05, 4.69) is 5.32 Å². The zero-order valence-corrected chi connectivity index (χ0v) is 20.7. The van der Waals surface area contributed by atoms with E-state index in [9.17, 15) is 22.8 Å². The zero-order chi connectivity index (χ0) is 26.3. The average Bonchev–Trinajstić information content (AvgIpc) is 2.79. The fourth-order valence-electron chi connectivity index (χ4n) is 5.01. The molecule has 2 aliphatic heterocycles. The van der Waals surface area contributed by atoms with E-state index in [1.165, 1.54) is 0 Å². The van der Waals surface area contributed by atoms with Gasteiger partial charge in [-0.05, 0) is 55.7 Å². The van der Waals surface area contributed by atoms with Gasteiger partial charge < -0.3 is 10.1 Å². The summed E-state index contributed by atoms with van der Waals surface area (Å²) in [6.45, 7) is 4.37. The Kier molecular flexibility index (Phi) is 7.16. The molecular formula is C26H27ClF3N3O3. The van der Waals surface area contributed by atoms with E-state index in [0.717, 1.165) is 24.3 Å². The quantitative estimate of drug-likeness (QED) is 0.515. The van der Waals surface area contributed by atoms with Crippen LogP contribution in [0.25, 0.3) is 0 Å². The molecule has 2 amide bonds. The van der Waals surface area contributed by atoms with Gasteiger partial charge in [0.1, 0.15) is 5.84 Å². The van der Waals surface area contributed by atoms with E-state index < -0.39 is 23.1 Å². The van der Waals surface area contributed by atoms with Gasteiger partial charge in [-0.2, -0.15) is 13.2 Å². The molecule has 0 saturated carbocycles. The van der Waals surface area contributed by atoms with Gasteiger partial charge in [0.25, 0.3) is 5.91 Å². The first-order valence-electron chi connectivity index (χ1n) is 11.7. The summed E-state index contributed by atoms with van der Waals surface area (Å²) in [7, 11) is 0. The summed E-state index contributed by atoms with van der Waals surface area (Å²) < 4.78 is 44.0. The van der Waals surface area contributed by atoms with Crippen molar-refractivity contribution in [2.75, 3.05) is 11.9 Å². The Labute approximate surface area is 212 Å². The van der Waals surface area contributed by atoms with Crippen LogP contribution in [0.2, 0.25) is 5.02 Å². The molecule has 2 heterocycles. The number of halogens is 4. The maximum atomic E-state index is 13.2. The molecule has 0 bridgehead atoms. The van der Waals surface area contributed by atoms with Crippen molar-refractivity contribution in [3.63, 3.8) is 0 Å². The number of hydrogen-bond acceptors (Lipinski definition) is 4. The van der Waals surface area contributed by atoms with E-state index in [4.69, 9.17) is 21.7 Å². The highest BCUT2D eigenvalue weighted by atomic mass is 35.5. The largest absolute Gasteiger partial charge is 0.416 e. The van der Waals surface area contributed by atoms with Gasteiger partial charge in [0.15, 0.2) is 0 Å². The van der Waals surface area contributed by atoms with Gasteiger partial charge in [-0.3, -0.25) is 19.9 Å². The van der Waals surface area contributed by atoms with Gasteiger partial charge in [-0.15, -0.1) is 0 Å². The van der Waals surface area contributed by atoms with Crippen molar-refractivity contribution < 1.29 is 27.5 Å². The monoisotopic (exact) mass is 521 g/mol. The lowest BCUT2D eigenvalue weighted by Gasteiger charge is -2.44. The maximum absolute atomic E-state index is 13.2. The summed E-state index contributed by atoms with van der Waals surface area (Å²) in [6, 6.07) is 8.87. The number of likely N-dealkylation sites (tertiary alicyclic amines) is 1. The lowest BCUT2D eigenvalue weighted by atomic mass is 9.73. The molecule has 0 spiro atoms. The second-order valence-corrected chi connectivity index (χ2v) is 10.1. The highest BCUT2D eigenvalue weighted by Crippen LogP contribution is 2.43. The number of ether oxygens (including phenoxy) is 1. The van der Waals surface area contributed by atoms with Crippen LogP contribution in [0.3, 0.4) is 0 Å². The van der Waals surface area contributed by atoms with E-state index in [1.54, 1.807) is 23.1 Å². The molecule has 192 valence electrons. The Balaban J connectivity index is 1.53. The predicted molar refractivity (Wildman–Crippen MR) is 130 cm³/mol. The third-order valence-electron chi connectivity index (χ3n) is 6.85. The number of benzene rings is 2. The minimum absolute atomic E-state index is 0.0251. The molecule has 2 aliphatic rings. The normalized spacial score (nSPS) is 25.1. The van der Waals surface area contributed by atoms with Crippen molar-refractivity contribution in [2.24, 2.45) is 0 Å². The topological polar surface area (TPSA) is 82.5 Å². The molecular weight excluding hydrogens is 495 g/mol. The van der Waals surface area contributed by atoms with Crippen LogP contribution in [0.15, 0.2) is 42.5 Å². The van der Waals surface area contributed by atoms with Crippen LogP contribution in [0.4, 0.5) is 18.9 Å². The number of amides is 2. The van der Waals surface area contributed by atoms with E-state index >= 15 is 0 Å². The fraction of sp³-hybridized carbons (Fsp3) is 0.423. The van der Waals surface area contributed by atoms with Crippen LogP contribution in [-0.2, 0) is 21.1 Å². The predicted octanol–water partition coefficient (Wildman–Crippen LogP) is 6.04. The molecule has 0 aromatic heterocycles. The summed E-state index contributed by atoms with van der Waals surface area (Å²) >= 11 is 6.67. The van der Waals surface area contributed by atoms with Gasteiger partial charge in [0.2, 0.25) is 5.91 Å². The van der Waals surface area contributed by atoms with Crippen LogP contribution in [0, 0.1) is 5.41 Å². The van der Waals surface area contributed by atoms with Crippen molar-refractivity contribution in [1.82, 2.24) is 4.90 Å². The number of hydrogen-bond donors (Lipinski definition) is 2. The number of anilines is 1. The molecule has 36 heavy (non-hydrogen) atoms. The molecule has 3 atom stereocenters. The van der Waals surface area contributed by atoms with Crippen molar-refractivity contribution in [2.45, 2.75) is 63.3 Å². The number of carbonyl (C=O) groups excluding carboxylic acids is 2. The number of nitrogens with one attached hydrogen (secondary N) is 2. The smallest absolute Gasteiger partial charge is 0.378 e. The number of piperidine rings is 1. The van der Waals surface area contributed by atoms with E-state index in [0.29, 0.717) is 31.4 Å².